The summed E-state index contributed by atoms with van der Waals surface area (Å²) in [7, 11) is 0. The van der Waals surface area contributed by atoms with E-state index in [1.54, 1.807) is 30.3 Å². The van der Waals surface area contributed by atoms with Crippen molar-refractivity contribution in [3.63, 3.8) is 0 Å². The molecule has 0 spiro atoms. The minimum Gasteiger partial charge on any atom is -0.363 e. The van der Waals surface area contributed by atoms with Crippen LogP contribution in [0.15, 0.2) is 46.9 Å². The van der Waals surface area contributed by atoms with Gasteiger partial charge in [0, 0.05) is 23.3 Å². The van der Waals surface area contributed by atoms with Crippen molar-refractivity contribution in [3.8, 4) is 0 Å². The van der Waals surface area contributed by atoms with Gasteiger partial charge < -0.3 is 4.74 Å². The predicted molar refractivity (Wildman–Crippen MR) is 78.9 cm³/mol. The van der Waals surface area contributed by atoms with E-state index in [1.807, 2.05) is 13.0 Å². The molecule has 0 fully saturated rings. The average molecular weight is 286 g/mol. The number of ketones is 2. The van der Waals surface area contributed by atoms with Crippen LogP contribution in [0.2, 0.25) is 0 Å². The number of fused-ring (bicyclic) bond motifs is 1. The third kappa shape index (κ3) is 2.15. The number of benzene rings is 1. The van der Waals surface area contributed by atoms with E-state index >= 15 is 0 Å². The molecule has 0 N–H and O–H groups in total. The van der Waals surface area contributed by atoms with Crippen molar-refractivity contribution >= 4 is 23.3 Å². The molecule has 3 rings (SSSR count). The van der Waals surface area contributed by atoms with Gasteiger partial charge in [-0.15, -0.1) is 0 Å². The minimum atomic E-state index is -0.185. The molecule has 1 aliphatic heterocycles. The minimum absolute atomic E-state index is 0.0744. The highest BCUT2D eigenvalue weighted by Gasteiger charge is 2.34. The van der Waals surface area contributed by atoms with Gasteiger partial charge in [-0.3, -0.25) is 9.59 Å². The van der Waals surface area contributed by atoms with Crippen molar-refractivity contribution in [2.24, 2.45) is 0 Å². The van der Waals surface area contributed by atoms with Crippen LogP contribution < -0.4 is 0 Å². The maximum Gasteiger partial charge on any atom is 0.200 e. The first-order chi connectivity index (χ1) is 9.72. The second kappa shape index (κ2) is 5.38. The van der Waals surface area contributed by atoms with E-state index in [4.69, 9.17) is 4.74 Å². The van der Waals surface area contributed by atoms with Crippen molar-refractivity contribution in [2.75, 3.05) is 6.61 Å². The average Bonchev–Trinajstić information content (AvgIpc) is 2.50. The molecule has 1 aromatic carbocycles. The lowest BCUT2D eigenvalue weighted by Crippen LogP contribution is -2.24. The maximum absolute atomic E-state index is 12.5. The molecule has 0 amide bonds. The summed E-state index contributed by atoms with van der Waals surface area (Å²) in [4.78, 5) is 25.4. The molecule has 0 saturated heterocycles. The van der Waals surface area contributed by atoms with Crippen LogP contribution in [0.4, 0.5) is 0 Å². The van der Waals surface area contributed by atoms with Crippen molar-refractivity contribution in [1.29, 1.82) is 0 Å². The Balaban J connectivity index is 1.95. The largest absolute Gasteiger partial charge is 0.363 e. The fourth-order valence-corrected chi connectivity index (χ4v) is 3.35. The monoisotopic (exact) mass is 286 g/mol. The number of carbonyl (C=O) groups is 2. The first kappa shape index (κ1) is 13.3. The fourth-order valence-electron chi connectivity index (χ4n) is 2.29. The highest BCUT2D eigenvalue weighted by atomic mass is 32.2. The summed E-state index contributed by atoms with van der Waals surface area (Å²) < 4.78 is 5.63. The Morgan fingerprint density at radius 3 is 2.55 bits per heavy atom. The first-order valence-corrected chi connectivity index (χ1v) is 7.49. The number of rotatable bonds is 3. The van der Waals surface area contributed by atoms with Crippen LogP contribution in [0.3, 0.4) is 0 Å². The molecule has 20 heavy (non-hydrogen) atoms. The lowest BCUT2D eigenvalue weighted by atomic mass is 9.89. The molecule has 0 aromatic heterocycles. The molecule has 1 aromatic rings. The molecule has 102 valence electrons. The van der Waals surface area contributed by atoms with Gasteiger partial charge in [-0.05, 0) is 12.5 Å². The van der Waals surface area contributed by atoms with Crippen molar-refractivity contribution in [1.82, 2.24) is 0 Å². The standard InChI is InChI=1S/C16H14O3S/c1-2-9-19-13-8-7-12-14(17)10-5-3-4-6-11(10)15(18)16(12)20-13/h3-8,13H,2,9H2,1H3. The van der Waals surface area contributed by atoms with E-state index in [9.17, 15) is 9.59 Å². The second-order valence-corrected chi connectivity index (χ2v) is 5.77. The van der Waals surface area contributed by atoms with E-state index in [-0.39, 0.29) is 17.0 Å². The topological polar surface area (TPSA) is 43.4 Å². The Morgan fingerprint density at radius 2 is 1.85 bits per heavy atom. The summed E-state index contributed by atoms with van der Waals surface area (Å²) >= 11 is 1.33. The molecule has 0 radical (unpaired) electrons. The van der Waals surface area contributed by atoms with Gasteiger partial charge in [0.25, 0.3) is 0 Å². The number of Topliss-reactive ketones (excluding diaryl/α,β-unsaturated/α-hetero) is 2. The number of carbonyl (C=O) groups excluding carboxylic acids is 2. The number of hydrogen-bond donors (Lipinski definition) is 0. The summed E-state index contributed by atoms with van der Waals surface area (Å²) in [5.41, 5.74) is 1.30. The van der Waals surface area contributed by atoms with Gasteiger partial charge in [0.15, 0.2) is 5.78 Å². The molecule has 1 aliphatic carbocycles. The summed E-state index contributed by atoms with van der Waals surface area (Å²) in [6.45, 7) is 2.68. The number of ether oxygens (including phenoxy) is 1. The smallest absolute Gasteiger partial charge is 0.200 e. The molecule has 1 unspecified atom stereocenters. The van der Waals surface area contributed by atoms with Crippen molar-refractivity contribution < 1.29 is 14.3 Å². The van der Waals surface area contributed by atoms with Crippen LogP contribution in [-0.4, -0.2) is 23.6 Å². The third-order valence-corrected chi connectivity index (χ3v) is 4.42. The maximum atomic E-state index is 12.5. The van der Waals surface area contributed by atoms with Gasteiger partial charge in [0.1, 0.15) is 5.44 Å². The van der Waals surface area contributed by atoms with Gasteiger partial charge in [-0.1, -0.05) is 49.0 Å². The number of thioether (sulfide) groups is 1. The lowest BCUT2D eigenvalue weighted by molar-refractivity contribution is 0.0981. The van der Waals surface area contributed by atoms with E-state index in [0.717, 1.165) is 6.42 Å². The fraction of sp³-hybridized carbons (Fsp3) is 0.250. The van der Waals surface area contributed by atoms with Crippen LogP contribution in [0.5, 0.6) is 0 Å². The van der Waals surface area contributed by atoms with Gasteiger partial charge in [0.2, 0.25) is 5.78 Å². The molecule has 2 aliphatic rings. The molecule has 1 atom stereocenters. The normalized spacial score (nSPS) is 20.9. The highest BCUT2D eigenvalue weighted by Crippen LogP contribution is 2.39. The first-order valence-electron chi connectivity index (χ1n) is 6.61. The number of allylic oxidation sites excluding steroid dienone is 3. The van der Waals surface area contributed by atoms with Crippen LogP contribution in [-0.2, 0) is 4.74 Å². The summed E-state index contributed by atoms with van der Waals surface area (Å²) in [5, 5.41) is 0. The van der Waals surface area contributed by atoms with Crippen LogP contribution >= 0.6 is 11.8 Å². The quantitative estimate of drug-likeness (QED) is 0.854. The summed E-state index contributed by atoms with van der Waals surface area (Å²) in [6.07, 6.45) is 4.49. The summed E-state index contributed by atoms with van der Waals surface area (Å²) in [5.74, 6) is -0.150. The lowest BCUT2D eigenvalue weighted by Gasteiger charge is -2.25. The van der Waals surface area contributed by atoms with Gasteiger partial charge >= 0.3 is 0 Å². The van der Waals surface area contributed by atoms with Crippen molar-refractivity contribution in [3.05, 3.63) is 58.0 Å². The zero-order valence-electron chi connectivity index (χ0n) is 11.1. The Labute approximate surface area is 121 Å². The zero-order valence-corrected chi connectivity index (χ0v) is 11.9. The van der Waals surface area contributed by atoms with Gasteiger partial charge in [0.05, 0.1) is 4.91 Å². The van der Waals surface area contributed by atoms with Crippen LogP contribution in [0.1, 0.15) is 34.1 Å². The van der Waals surface area contributed by atoms with Crippen molar-refractivity contribution in [2.45, 2.75) is 18.8 Å². The van der Waals surface area contributed by atoms with E-state index in [0.29, 0.717) is 28.2 Å². The Hall–Kier alpha value is -1.65. The predicted octanol–water partition coefficient (Wildman–Crippen LogP) is 3.38. The molecule has 1 heterocycles. The number of hydrogen-bond acceptors (Lipinski definition) is 4. The Kier molecular flexibility index (Phi) is 3.59. The molecule has 3 nitrogen and oxygen atoms in total. The molecule has 4 heteroatoms. The molecule has 0 saturated carbocycles. The van der Waals surface area contributed by atoms with E-state index in [1.165, 1.54) is 11.8 Å². The third-order valence-electron chi connectivity index (χ3n) is 3.25. The zero-order chi connectivity index (χ0) is 14.1. The SMILES string of the molecule is CCCOC1C=CC2=C(S1)C(=O)c1ccccc1C2=O. The Morgan fingerprint density at radius 1 is 1.15 bits per heavy atom. The van der Waals surface area contributed by atoms with Crippen LogP contribution in [0, 0.1) is 0 Å². The highest BCUT2D eigenvalue weighted by molar-refractivity contribution is 8.04. The molecular weight excluding hydrogens is 272 g/mol. The van der Waals surface area contributed by atoms with Crippen LogP contribution in [0.25, 0.3) is 0 Å². The van der Waals surface area contributed by atoms with Gasteiger partial charge in [-0.25, -0.2) is 0 Å². The Bertz CT molecular complexity index is 643. The van der Waals surface area contributed by atoms with Gasteiger partial charge in [-0.2, -0.15) is 0 Å². The van der Waals surface area contributed by atoms with E-state index < -0.39 is 0 Å². The summed E-state index contributed by atoms with van der Waals surface area (Å²) in [6, 6.07) is 6.98. The second-order valence-electron chi connectivity index (χ2n) is 4.66. The molecule has 0 bridgehead atoms. The molecular formula is C16H14O3S. The van der Waals surface area contributed by atoms with E-state index in [2.05, 4.69) is 0 Å².